The molecule has 5 rings (SSSR count). The number of aromatic nitrogens is 2. The van der Waals surface area contributed by atoms with Crippen LogP contribution in [-0.2, 0) is 13.0 Å². The molecule has 3 N–H and O–H groups in total. The highest BCUT2D eigenvalue weighted by atomic mass is 15.2. The van der Waals surface area contributed by atoms with Crippen LogP contribution in [-0.4, -0.2) is 27.0 Å². The number of pyridine rings is 1. The van der Waals surface area contributed by atoms with Gasteiger partial charge < -0.3 is 10.7 Å². The van der Waals surface area contributed by atoms with Gasteiger partial charge in [0.05, 0.1) is 11.7 Å². The lowest BCUT2D eigenvalue weighted by Gasteiger charge is -2.42. The Morgan fingerprint density at radius 1 is 1.04 bits per heavy atom. The van der Waals surface area contributed by atoms with E-state index in [0.29, 0.717) is 18.1 Å². The average molecular weight is 375 g/mol. The second kappa shape index (κ2) is 7.69. The van der Waals surface area contributed by atoms with E-state index in [2.05, 4.69) is 52.3 Å². The zero-order valence-electron chi connectivity index (χ0n) is 16.5. The largest absolute Gasteiger partial charge is 0.357 e. The summed E-state index contributed by atoms with van der Waals surface area (Å²) in [6.45, 7) is 0.954. The summed E-state index contributed by atoms with van der Waals surface area (Å²) in [5.41, 5.74) is 11.5. The lowest BCUT2D eigenvalue weighted by molar-refractivity contribution is 0.0774. The lowest BCUT2D eigenvalue weighted by Crippen LogP contribution is -2.43. The van der Waals surface area contributed by atoms with Gasteiger partial charge in [-0.2, -0.15) is 0 Å². The predicted molar refractivity (Wildman–Crippen MR) is 114 cm³/mol. The molecule has 4 nitrogen and oxygen atoms in total. The van der Waals surface area contributed by atoms with E-state index in [9.17, 15) is 0 Å². The summed E-state index contributed by atoms with van der Waals surface area (Å²) in [7, 11) is 0. The number of nitrogens with two attached hydrogens (primary N) is 1. The molecule has 1 unspecified atom stereocenters. The van der Waals surface area contributed by atoms with Crippen LogP contribution in [0.3, 0.4) is 0 Å². The molecule has 1 fully saturated rings. The van der Waals surface area contributed by atoms with Crippen LogP contribution in [0.25, 0.3) is 10.9 Å². The molecule has 1 atom stereocenters. The Balaban J connectivity index is 1.48. The van der Waals surface area contributed by atoms with E-state index in [0.717, 1.165) is 25.8 Å². The molecular formula is C24H30N4. The highest BCUT2D eigenvalue weighted by Crippen LogP contribution is 2.38. The summed E-state index contributed by atoms with van der Waals surface area (Å²) in [5, 5.41) is 1.30. The number of benzene rings is 1. The Hall–Kier alpha value is -2.17. The highest BCUT2D eigenvalue weighted by molar-refractivity contribution is 5.80. The molecule has 1 saturated carbocycles. The highest BCUT2D eigenvalue weighted by Gasteiger charge is 2.33. The average Bonchev–Trinajstić information content (AvgIpc) is 3.15. The minimum Gasteiger partial charge on any atom is -0.357 e. The zero-order valence-corrected chi connectivity index (χ0v) is 16.5. The summed E-state index contributed by atoms with van der Waals surface area (Å²) < 4.78 is 0. The monoisotopic (exact) mass is 374 g/mol. The number of H-pyrrole nitrogens is 1. The molecule has 0 aliphatic heterocycles. The summed E-state index contributed by atoms with van der Waals surface area (Å²) in [6, 6.07) is 16.6. The Bertz CT molecular complexity index is 905. The zero-order chi connectivity index (χ0) is 18.9. The Morgan fingerprint density at radius 2 is 1.89 bits per heavy atom. The van der Waals surface area contributed by atoms with E-state index in [4.69, 9.17) is 10.7 Å². The van der Waals surface area contributed by atoms with Gasteiger partial charge in [0.1, 0.15) is 0 Å². The number of rotatable bonds is 4. The maximum atomic E-state index is 6.22. The van der Waals surface area contributed by atoms with E-state index in [-0.39, 0.29) is 0 Å². The molecule has 28 heavy (non-hydrogen) atoms. The van der Waals surface area contributed by atoms with Crippen LogP contribution in [0.4, 0.5) is 0 Å². The molecule has 4 heteroatoms. The second-order valence-electron chi connectivity index (χ2n) is 8.58. The topological polar surface area (TPSA) is 57.9 Å². The van der Waals surface area contributed by atoms with Crippen LogP contribution in [0.1, 0.15) is 61.5 Å². The number of aromatic amines is 1. The fourth-order valence-corrected chi connectivity index (χ4v) is 5.25. The van der Waals surface area contributed by atoms with Crippen molar-refractivity contribution in [3.05, 3.63) is 65.6 Å². The number of fused-ring (bicyclic) bond motifs is 2. The molecule has 3 aromatic rings. The quantitative estimate of drug-likeness (QED) is 0.695. The molecule has 2 aliphatic rings. The summed E-state index contributed by atoms with van der Waals surface area (Å²) in [5.74, 6) is 0. The molecule has 2 aromatic heterocycles. The van der Waals surface area contributed by atoms with Crippen molar-refractivity contribution in [3.8, 4) is 0 Å². The molecule has 2 aliphatic carbocycles. The third-order valence-corrected chi connectivity index (χ3v) is 6.71. The van der Waals surface area contributed by atoms with Crippen LogP contribution in [0, 0.1) is 0 Å². The van der Waals surface area contributed by atoms with Gasteiger partial charge in [-0.1, -0.05) is 24.3 Å². The van der Waals surface area contributed by atoms with Gasteiger partial charge in [0, 0.05) is 36.0 Å². The van der Waals surface area contributed by atoms with Crippen molar-refractivity contribution in [1.29, 1.82) is 0 Å². The summed E-state index contributed by atoms with van der Waals surface area (Å²) in [6.07, 6.45) is 10.2. The van der Waals surface area contributed by atoms with Gasteiger partial charge in [-0.15, -0.1) is 0 Å². The summed E-state index contributed by atoms with van der Waals surface area (Å²) >= 11 is 0. The van der Waals surface area contributed by atoms with Gasteiger partial charge in [-0.05, 0) is 74.1 Å². The van der Waals surface area contributed by atoms with Crippen LogP contribution in [0.5, 0.6) is 0 Å². The Labute approximate surface area is 167 Å². The van der Waals surface area contributed by atoms with Crippen molar-refractivity contribution in [2.75, 3.05) is 0 Å². The maximum Gasteiger partial charge on any atom is 0.0607 e. The molecule has 0 spiro atoms. The number of nitrogens with one attached hydrogen (secondary N) is 1. The third-order valence-electron chi connectivity index (χ3n) is 6.71. The fourth-order valence-electron chi connectivity index (χ4n) is 5.25. The molecule has 1 aromatic carbocycles. The fraction of sp³-hybridized carbons (Fsp3) is 0.458. The molecule has 0 radical (unpaired) electrons. The normalized spacial score (nSPS) is 25.1. The summed E-state index contributed by atoms with van der Waals surface area (Å²) in [4.78, 5) is 11.2. The van der Waals surface area contributed by atoms with Gasteiger partial charge in [-0.25, -0.2) is 0 Å². The first-order chi connectivity index (χ1) is 13.8. The molecule has 146 valence electrons. The lowest BCUT2D eigenvalue weighted by atomic mass is 9.86. The van der Waals surface area contributed by atoms with Gasteiger partial charge in [0.15, 0.2) is 0 Å². The van der Waals surface area contributed by atoms with Crippen molar-refractivity contribution >= 4 is 10.9 Å². The minimum absolute atomic E-state index is 0.378. The Kier molecular flexibility index (Phi) is 4.91. The number of para-hydroxylation sites is 1. The molecule has 0 bridgehead atoms. The predicted octanol–water partition coefficient (Wildman–Crippen LogP) is 4.71. The SMILES string of the molecule is NC1CCC(N(Cc2cc3ccccc3[nH]2)C2CCCc3cccnc32)CC1. The van der Waals surface area contributed by atoms with E-state index in [1.165, 1.54) is 53.5 Å². The number of hydrogen-bond acceptors (Lipinski definition) is 3. The van der Waals surface area contributed by atoms with Crippen molar-refractivity contribution in [3.63, 3.8) is 0 Å². The number of nitrogens with zero attached hydrogens (tertiary/aromatic N) is 2. The Morgan fingerprint density at radius 3 is 2.75 bits per heavy atom. The van der Waals surface area contributed by atoms with E-state index < -0.39 is 0 Å². The van der Waals surface area contributed by atoms with E-state index in [1.54, 1.807) is 0 Å². The van der Waals surface area contributed by atoms with Gasteiger partial charge >= 0.3 is 0 Å². The second-order valence-corrected chi connectivity index (χ2v) is 8.58. The van der Waals surface area contributed by atoms with Gasteiger partial charge in [0.2, 0.25) is 0 Å². The van der Waals surface area contributed by atoms with E-state index >= 15 is 0 Å². The maximum absolute atomic E-state index is 6.22. The standard InChI is InChI=1S/C24H30N4/c25-19-10-12-21(13-11-19)28(16-20-15-18-5-1-2-8-22(18)27-20)23-9-3-6-17-7-4-14-26-24(17)23/h1-2,4-5,7-8,14-15,19,21,23,27H,3,6,9-13,16,25H2. The minimum atomic E-state index is 0.378. The van der Waals surface area contributed by atoms with Crippen molar-refractivity contribution in [2.24, 2.45) is 5.73 Å². The smallest absolute Gasteiger partial charge is 0.0607 e. The number of aryl methyl sites for hydroxylation is 1. The van der Waals surface area contributed by atoms with Crippen molar-refractivity contribution in [2.45, 2.75) is 69.6 Å². The number of hydrogen-bond donors (Lipinski definition) is 2. The van der Waals surface area contributed by atoms with Gasteiger partial charge in [0.25, 0.3) is 0 Å². The molecule has 0 saturated heterocycles. The van der Waals surface area contributed by atoms with Crippen molar-refractivity contribution < 1.29 is 0 Å². The van der Waals surface area contributed by atoms with Crippen LogP contribution in [0.15, 0.2) is 48.7 Å². The van der Waals surface area contributed by atoms with Crippen LogP contribution >= 0.6 is 0 Å². The molecule has 0 amide bonds. The third kappa shape index (κ3) is 3.47. The van der Waals surface area contributed by atoms with E-state index in [1.807, 2.05) is 6.20 Å². The first kappa shape index (κ1) is 17.9. The molecule has 2 heterocycles. The van der Waals surface area contributed by atoms with Gasteiger partial charge in [-0.3, -0.25) is 9.88 Å². The van der Waals surface area contributed by atoms with Crippen LogP contribution < -0.4 is 5.73 Å². The van der Waals surface area contributed by atoms with Crippen molar-refractivity contribution in [1.82, 2.24) is 14.9 Å². The first-order valence-electron chi connectivity index (χ1n) is 10.8. The molecular weight excluding hydrogens is 344 g/mol. The first-order valence-corrected chi connectivity index (χ1v) is 10.8. The van der Waals surface area contributed by atoms with Crippen LogP contribution in [0.2, 0.25) is 0 Å².